The molecular weight excluding hydrogens is 341 g/mol. The average Bonchev–Trinajstić information content (AvgIpc) is 2.62. The normalized spacial score (nSPS) is 22.4. The minimum absolute atomic E-state index is 0.253. The fraction of sp³-hybridized carbons (Fsp3) is 0.611. The van der Waals surface area contributed by atoms with Crippen LogP contribution in [0.3, 0.4) is 0 Å². The quantitative estimate of drug-likeness (QED) is 0.532. The molecule has 140 valence electrons. The highest BCUT2D eigenvalue weighted by Gasteiger charge is 2.26. The molecule has 1 fully saturated rings. The van der Waals surface area contributed by atoms with Gasteiger partial charge in [0.25, 0.3) is 0 Å². The molecule has 3 N–H and O–H groups in total. The number of hydrogen-bond acceptors (Lipinski definition) is 3. The Labute approximate surface area is 151 Å². The van der Waals surface area contributed by atoms with E-state index < -0.39 is 16.6 Å². The summed E-state index contributed by atoms with van der Waals surface area (Å²) in [7, 11) is -0.757. The lowest BCUT2D eigenvalue weighted by Crippen LogP contribution is -2.46. The zero-order valence-corrected chi connectivity index (χ0v) is 15.7. The van der Waals surface area contributed by atoms with Crippen LogP contribution in [0.15, 0.2) is 23.2 Å². The van der Waals surface area contributed by atoms with Crippen molar-refractivity contribution in [3.05, 3.63) is 29.6 Å². The Bertz CT molecular complexity index is 624. The number of phenols is 1. The van der Waals surface area contributed by atoms with Crippen LogP contribution in [-0.2, 0) is 17.3 Å². The van der Waals surface area contributed by atoms with Gasteiger partial charge in [-0.3, -0.25) is 4.21 Å². The molecule has 0 saturated heterocycles. The van der Waals surface area contributed by atoms with Crippen molar-refractivity contribution in [3.63, 3.8) is 0 Å². The Morgan fingerprint density at radius 3 is 2.88 bits per heavy atom. The van der Waals surface area contributed by atoms with Gasteiger partial charge in [0, 0.05) is 34.4 Å². The maximum absolute atomic E-state index is 13.4. The van der Waals surface area contributed by atoms with Crippen LogP contribution in [0.1, 0.15) is 45.1 Å². The summed E-state index contributed by atoms with van der Waals surface area (Å²) in [6, 6.07) is 4.55. The number of aromatic hydroxyl groups is 1. The molecule has 1 aliphatic carbocycles. The zero-order chi connectivity index (χ0) is 18.2. The molecule has 5 nitrogen and oxygen atoms in total. The summed E-state index contributed by atoms with van der Waals surface area (Å²) < 4.78 is 25.5. The third kappa shape index (κ3) is 5.99. The standard InChI is InChI=1S/C18H28FN3O2S/c1-3-20-18(21-12-13-8-9-17(23)16(19)10-13)22-14-6-5-7-15(11-14)25(24)4-2/h8-10,14-15,23H,3-7,11-12H2,1-2H3,(H2,20,21,22). The van der Waals surface area contributed by atoms with Crippen LogP contribution in [0.25, 0.3) is 0 Å². The second kappa shape index (κ2) is 9.75. The van der Waals surface area contributed by atoms with E-state index in [1.807, 2.05) is 13.8 Å². The zero-order valence-electron chi connectivity index (χ0n) is 14.9. The lowest BCUT2D eigenvalue weighted by molar-refractivity contribution is 0.413. The largest absolute Gasteiger partial charge is 0.505 e. The highest BCUT2D eigenvalue weighted by molar-refractivity contribution is 7.85. The van der Waals surface area contributed by atoms with Gasteiger partial charge < -0.3 is 15.7 Å². The fourth-order valence-corrected chi connectivity index (χ4v) is 4.43. The molecule has 1 aromatic rings. The van der Waals surface area contributed by atoms with Crippen molar-refractivity contribution in [2.45, 2.75) is 57.4 Å². The van der Waals surface area contributed by atoms with E-state index in [4.69, 9.17) is 0 Å². The first-order chi connectivity index (χ1) is 12.0. The van der Waals surface area contributed by atoms with Crippen LogP contribution in [0.4, 0.5) is 4.39 Å². The van der Waals surface area contributed by atoms with Gasteiger partial charge >= 0.3 is 0 Å². The van der Waals surface area contributed by atoms with Crippen LogP contribution in [0.5, 0.6) is 5.75 Å². The summed E-state index contributed by atoms with van der Waals surface area (Å²) in [5.41, 5.74) is 0.695. The van der Waals surface area contributed by atoms with E-state index in [0.717, 1.165) is 32.2 Å². The van der Waals surface area contributed by atoms with Crippen LogP contribution in [0.2, 0.25) is 0 Å². The molecule has 0 aromatic heterocycles. The second-order valence-electron chi connectivity index (χ2n) is 6.28. The molecule has 25 heavy (non-hydrogen) atoms. The highest BCUT2D eigenvalue weighted by Crippen LogP contribution is 2.23. The van der Waals surface area contributed by atoms with Gasteiger partial charge in [-0.05, 0) is 43.9 Å². The SMILES string of the molecule is CCNC(=NCc1ccc(O)c(F)c1)NC1CCCC(S(=O)CC)C1. The molecule has 0 bridgehead atoms. The van der Waals surface area contributed by atoms with Gasteiger partial charge in [0.05, 0.1) is 6.54 Å². The predicted octanol–water partition coefficient (Wildman–Crippen LogP) is 2.67. The maximum atomic E-state index is 13.4. The fourth-order valence-electron chi connectivity index (χ4n) is 3.08. The monoisotopic (exact) mass is 369 g/mol. The Kier molecular flexibility index (Phi) is 7.68. The summed E-state index contributed by atoms with van der Waals surface area (Å²) in [5, 5.41) is 16.1. The number of aliphatic imine (C=N–C) groups is 1. The average molecular weight is 370 g/mol. The van der Waals surface area contributed by atoms with Gasteiger partial charge in [0.2, 0.25) is 0 Å². The molecule has 0 radical (unpaired) electrons. The lowest BCUT2D eigenvalue weighted by atomic mass is 9.95. The molecule has 0 aliphatic heterocycles. The van der Waals surface area contributed by atoms with Gasteiger partial charge in [-0.25, -0.2) is 9.38 Å². The molecular formula is C18H28FN3O2S. The van der Waals surface area contributed by atoms with Gasteiger partial charge in [-0.15, -0.1) is 0 Å². The number of guanidine groups is 1. The second-order valence-corrected chi connectivity index (χ2v) is 8.29. The molecule has 0 heterocycles. The number of rotatable bonds is 6. The smallest absolute Gasteiger partial charge is 0.191 e. The van der Waals surface area contributed by atoms with Crippen molar-refractivity contribution in [1.82, 2.24) is 10.6 Å². The van der Waals surface area contributed by atoms with Gasteiger partial charge in [-0.2, -0.15) is 0 Å². The van der Waals surface area contributed by atoms with E-state index >= 15 is 0 Å². The minimum Gasteiger partial charge on any atom is -0.505 e. The van der Waals surface area contributed by atoms with E-state index in [1.165, 1.54) is 12.1 Å². The van der Waals surface area contributed by atoms with Crippen molar-refractivity contribution in [1.29, 1.82) is 0 Å². The van der Waals surface area contributed by atoms with Gasteiger partial charge in [0.1, 0.15) is 0 Å². The number of nitrogens with one attached hydrogen (secondary N) is 2. The molecule has 1 aromatic carbocycles. The molecule has 7 heteroatoms. The molecule has 3 atom stereocenters. The highest BCUT2D eigenvalue weighted by atomic mass is 32.2. The summed E-state index contributed by atoms with van der Waals surface area (Å²) in [6.45, 7) is 5.01. The number of halogens is 1. The third-order valence-corrected chi connectivity index (χ3v) is 6.14. The minimum atomic E-state index is -0.757. The van der Waals surface area contributed by atoms with E-state index in [2.05, 4.69) is 15.6 Å². The van der Waals surface area contributed by atoms with Gasteiger partial charge in [0.15, 0.2) is 17.5 Å². The predicted molar refractivity (Wildman–Crippen MR) is 101 cm³/mol. The van der Waals surface area contributed by atoms with E-state index in [0.29, 0.717) is 23.8 Å². The molecule has 1 aliphatic rings. The molecule has 3 unspecified atom stereocenters. The topological polar surface area (TPSA) is 73.7 Å². The molecule has 0 amide bonds. The summed E-state index contributed by atoms with van der Waals surface area (Å²) >= 11 is 0. The van der Waals surface area contributed by atoms with Crippen molar-refractivity contribution < 1.29 is 13.7 Å². The third-order valence-electron chi connectivity index (χ3n) is 4.40. The first-order valence-electron chi connectivity index (χ1n) is 8.92. The molecule has 2 rings (SSSR count). The summed E-state index contributed by atoms with van der Waals surface area (Å²) in [4.78, 5) is 4.51. The number of nitrogens with zero attached hydrogens (tertiary/aromatic N) is 1. The molecule has 0 spiro atoms. The summed E-state index contributed by atoms with van der Waals surface area (Å²) in [5.74, 6) is 0.402. The van der Waals surface area contributed by atoms with Gasteiger partial charge in [-0.1, -0.05) is 19.4 Å². The van der Waals surface area contributed by atoms with E-state index in [1.54, 1.807) is 6.07 Å². The first kappa shape index (κ1) is 19.7. The van der Waals surface area contributed by atoms with Crippen LogP contribution in [0, 0.1) is 5.82 Å². The van der Waals surface area contributed by atoms with Crippen LogP contribution < -0.4 is 10.6 Å². The number of phenolic OH excluding ortho intramolecular Hbond substituents is 1. The summed E-state index contributed by atoms with van der Waals surface area (Å²) in [6.07, 6.45) is 4.02. The van der Waals surface area contributed by atoms with E-state index in [-0.39, 0.29) is 17.0 Å². The van der Waals surface area contributed by atoms with Crippen LogP contribution in [-0.4, -0.2) is 38.9 Å². The number of hydrogen-bond donors (Lipinski definition) is 3. The van der Waals surface area contributed by atoms with Crippen molar-refractivity contribution in [3.8, 4) is 5.75 Å². The van der Waals surface area contributed by atoms with Crippen molar-refractivity contribution >= 4 is 16.8 Å². The van der Waals surface area contributed by atoms with E-state index in [9.17, 15) is 13.7 Å². The first-order valence-corrected chi connectivity index (χ1v) is 10.3. The Morgan fingerprint density at radius 2 is 2.20 bits per heavy atom. The molecule has 1 saturated carbocycles. The Hall–Kier alpha value is -1.63. The van der Waals surface area contributed by atoms with Crippen molar-refractivity contribution in [2.75, 3.05) is 12.3 Å². The maximum Gasteiger partial charge on any atom is 0.191 e. The Morgan fingerprint density at radius 1 is 1.40 bits per heavy atom. The number of benzene rings is 1. The Balaban J connectivity index is 1.99. The van der Waals surface area contributed by atoms with Crippen molar-refractivity contribution in [2.24, 2.45) is 4.99 Å². The lowest BCUT2D eigenvalue weighted by Gasteiger charge is -2.30. The van der Waals surface area contributed by atoms with Crippen LogP contribution >= 0.6 is 0 Å².